The van der Waals surface area contributed by atoms with Gasteiger partial charge in [0.1, 0.15) is 0 Å². The normalized spacial score (nSPS) is 27.2. The fourth-order valence-electron chi connectivity index (χ4n) is 13.2. The molecular formula is C44H28. The van der Waals surface area contributed by atoms with Crippen LogP contribution in [0, 0.1) is 5.41 Å². The van der Waals surface area contributed by atoms with E-state index in [1.807, 2.05) is 0 Å². The Kier molecular flexibility index (Phi) is 2.89. The average Bonchev–Trinajstić information content (AvgIpc) is 3.55. The minimum Gasteiger partial charge on any atom is -0.0717 e. The lowest BCUT2D eigenvalue weighted by Gasteiger charge is -2.31. The molecule has 1 saturated carbocycles. The molecule has 14 rings (SSSR count). The molecule has 1 spiro atoms. The van der Waals surface area contributed by atoms with Crippen molar-refractivity contribution in [3.8, 4) is 0 Å². The maximum Gasteiger partial charge on any atom is 0.0470 e. The Morgan fingerprint density at radius 2 is 1.34 bits per heavy atom. The first-order valence-electron chi connectivity index (χ1n) is 17.0. The lowest BCUT2D eigenvalue weighted by Crippen LogP contribution is -2.25. The van der Waals surface area contributed by atoms with Crippen molar-refractivity contribution in [2.45, 2.75) is 56.3 Å². The monoisotopic (exact) mass is 556 g/mol. The van der Waals surface area contributed by atoms with Crippen molar-refractivity contribution in [2.75, 3.05) is 0 Å². The molecule has 0 radical (unpaired) electrons. The smallest absolute Gasteiger partial charge is 0.0470 e. The van der Waals surface area contributed by atoms with Crippen LogP contribution in [0.1, 0.15) is 77.1 Å². The quantitative estimate of drug-likeness (QED) is 0.146. The van der Waals surface area contributed by atoms with Gasteiger partial charge < -0.3 is 0 Å². The first-order valence-corrected chi connectivity index (χ1v) is 17.0. The van der Waals surface area contributed by atoms with E-state index in [0.717, 1.165) is 12.8 Å². The Morgan fingerprint density at radius 3 is 2.16 bits per heavy atom. The Hall–Kier alpha value is -4.42. The van der Waals surface area contributed by atoms with Gasteiger partial charge >= 0.3 is 0 Å². The van der Waals surface area contributed by atoms with Gasteiger partial charge in [0.05, 0.1) is 0 Å². The third-order valence-corrected chi connectivity index (χ3v) is 14.1. The van der Waals surface area contributed by atoms with Gasteiger partial charge in [0.15, 0.2) is 0 Å². The zero-order valence-electron chi connectivity index (χ0n) is 24.7. The third-order valence-electron chi connectivity index (χ3n) is 14.1. The Labute approximate surface area is 254 Å². The van der Waals surface area contributed by atoms with Gasteiger partial charge in [-0.25, -0.2) is 0 Å². The second-order valence-corrected chi connectivity index (χ2v) is 15.3. The topological polar surface area (TPSA) is 0 Å². The van der Waals surface area contributed by atoms with Gasteiger partial charge in [-0.05, 0) is 134 Å². The number of hydrogen-bond acceptors (Lipinski definition) is 0. The van der Waals surface area contributed by atoms with E-state index < -0.39 is 0 Å². The van der Waals surface area contributed by atoms with E-state index >= 15 is 0 Å². The second kappa shape index (κ2) is 5.96. The molecule has 6 aliphatic rings. The summed E-state index contributed by atoms with van der Waals surface area (Å²) in [7, 11) is 0. The summed E-state index contributed by atoms with van der Waals surface area (Å²) in [6.07, 6.45) is 15.4. The molecule has 0 heteroatoms. The summed E-state index contributed by atoms with van der Waals surface area (Å²) >= 11 is 0. The number of rotatable bonds is 5. The van der Waals surface area contributed by atoms with Crippen LogP contribution < -0.4 is 0 Å². The predicted molar refractivity (Wildman–Crippen MR) is 184 cm³/mol. The van der Waals surface area contributed by atoms with Crippen molar-refractivity contribution in [1.29, 1.82) is 0 Å². The van der Waals surface area contributed by atoms with Crippen LogP contribution in [-0.4, -0.2) is 0 Å². The Balaban J connectivity index is 1.33. The summed E-state index contributed by atoms with van der Waals surface area (Å²) in [5, 5.41) is 19.0. The van der Waals surface area contributed by atoms with Crippen molar-refractivity contribution in [3.63, 3.8) is 0 Å². The molecule has 3 unspecified atom stereocenters. The zero-order chi connectivity index (χ0) is 28.1. The van der Waals surface area contributed by atoms with Crippen molar-refractivity contribution in [2.24, 2.45) is 5.41 Å². The van der Waals surface area contributed by atoms with Crippen LogP contribution in [0.15, 0.2) is 72.8 Å². The molecular weight excluding hydrogens is 528 g/mol. The minimum absolute atomic E-state index is 0.00567. The zero-order valence-corrected chi connectivity index (χ0v) is 24.7. The molecule has 0 aromatic heterocycles. The minimum atomic E-state index is -0.0162. The van der Waals surface area contributed by atoms with Crippen LogP contribution >= 0.6 is 0 Å². The van der Waals surface area contributed by atoms with Crippen molar-refractivity contribution >= 4 is 76.3 Å². The van der Waals surface area contributed by atoms with Crippen LogP contribution in [-0.2, 0) is 23.7 Å². The molecule has 6 aliphatic carbocycles. The lowest BCUT2D eigenvalue weighted by molar-refractivity contribution is 0.491. The molecule has 8 aromatic carbocycles. The second-order valence-electron chi connectivity index (χ2n) is 15.3. The molecule has 0 saturated heterocycles. The van der Waals surface area contributed by atoms with Gasteiger partial charge in [-0.3, -0.25) is 0 Å². The summed E-state index contributed by atoms with van der Waals surface area (Å²) in [6, 6.07) is 24.5. The van der Waals surface area contributed by atoms with Crippen molar-refractivity contribution in [1.82, 2.24) is 0 Å². The highest BCUT2D eigenvalue weighted by molar-refractivity contribution is 6.52. The van der Waals surface area contributed by atoms with Crippen LogP contribution in [0.25, 0.3) is 76.3 Å². The summed E-state index contributed by atoms with van der Waals surface area (Å²) in [4.78, 5) is 0. The maximum absolute atomic E-state index is 2.85. The van der Waals surface area contributed by atoms with Gasteiger partial charge in [0, 0.05) is 16.2 Å². The highest BCUT2D eigenvalue weighted by Gasteiger charge is 2.89. The van der Waals surface area contributed by atoms with E-state index in [0.29, 0.717) is 0 Å². The van der Waals surface area contributed by atoms with Gasteiger partial charge in [-0.1, -0.05) is 105 Å². The van der Waals surface area contributed by atoms with Gasteiger partial charge in [-0.15, -0.1) is 0 Å². The third kappa shape index (κ3) is 1.61. The molecule has 0 nitrogen and oxygen atoms in total. The number of allylic oxidation sites excluding steroid dienone is 3. The Bertz CT molecular complexity index is 2820. The van der Waals surface area contributed by atoms with E-state index in [2.05, 4.69) is 85.8 Å². The molecule has 0 heterocycles. The molecule has 0 N–H and O–H groups in total. The standard InChI is InChI=1S/C44H28/c1-2-3-7-13-43(28-8-5-4-6-9-28)42-14-12-23-17-26-18-24-15-21-10-11-22-16-25-19-27(20-42)34-33(25)36-30(22)29(21)35-31(24)32(26)38-39(37(35)36)41(34)44(42,43)40(23)38/h4-6,8-12,14-17,20H,2-3,7,13,18-19H2,1H3. The van der Waals surface area contributed by atoms with E-state index in [4.69, 9.17) is 0 Å². The summed E-state index contributed by atoms with van der Waals surface area (Å²) < 4.78 is 0. The predicted octanol–water partition coefficient (Wildman–Crippen LogP) is 10.9. The molecule has 3 atom stereocenters. The summed E-state index contributed by atoms with van der Waals surface area (Å²) in [5.74, 6) is 0. The van der Waals surface area contributed by atoms with Crippen LogP contribution in [0.4, 0.5) is 0 Å². The first kappa shape index (κ1) is 21.3. The molecule has 1 fully saturated rings. The SMILES string of the molecule is CCCCCC1(c2ccccc2)C23C=Cc4cc5c6c7c4C21c1c2c4c(cc8ccc9cc(c6c6c9c8c4c6c17)C5)CC2=C3. The fourth-order valence-corrected chi connectivity index (χ4v) is 13.2. The van der Waals surface area contributed by atoms with Crippen molar-refractivity contribution in [3.05, 3.63) is 117 Å². The lowest BCUT2D eigenvalue weighted by atomic mass is 9.70. The van der Waals surface area contributed by atoms with E-state index in [-0.39, 0.29) is 16.2 Å². The fraction of sp³-hybridized carbons (Fsp3) is 0.227. The van der Waals surface area contributed by atoms with Gasteiger partial charge in [0.25, 0.3) is 0 Å². The molecule has 44 heavy (non-hydrogen) atoms. The largest absolute Gasteiger partial charge is 0.0717 e. The molecule has 8 aromatic rings. The molecule has 204 valence electrons. The summed E-state index contributed by atoms with van der Waals surface area (Å²) in [5.41, 5.74) is 14.5. The number of unbranched alkanes of at least 4 members (excludes halogenated alkanes) is 2. The molecule has 0 bridgehead atoms. The van der Waals surface area contributed by atoms with Crippen LogP contribution in [0.2, 0.25) is 0 Å². The van der Waals surface area contributed by atoms with E-state index in [1.165, 1.54) is 42.0 Å². The Morgan fingerprint density at radius 1 is 0.636 bits per heavy atom. The average molecular weight is 557 g/mol. The van der Waals surface area contributed by atoms with E-state index in [9.17, 15) is 0 Å². The summed E-state index contributed by atoms with van der Waals surface area (Å²) in [6.45, 7) is 2.36. The number of benzene rings is 7. The number of hydrogen-bond donors (Lipinski definition) is 0. The highest BCUT2D eigenvalue weighted by Crippen LogP contribution is 2.91. The van der Waals surface area contributed by atoms with Crippen LogP contribution in [0.5, 0.6) is 0 Å². The van der Waals surface area contributed by atoms with Crippen molar-refractivity contribution < 1.29 is 0 Å². The van der Waals surface area contributed by atoms with Gasteiger partial charge in [0.2, 0.25) is 0 Å². The van der Waals surface area contributed by atoms with Crippen LogP contribution in [0.3, 0.4) is 0 Å². The first-order chi connectivity index (χ1) is 21.7. The highest BCUT2D eigenvalue weighted by atomic mass is 14.9. The molecule has 0 amide bonds. The van der Waals surface area contributed by atoms with E-state index in [1.54, 1.807) is 98.4 Å². The van der Waals surface area contributed by atoms with Gasteiger partial charge in [-0.2, -0.15) is 0 Å². The molecule has 0 aliphatic heterocycles. The maximum atomic E-state index is 2.85.